The van der Waals surface area contributed by atoms with Crippen molar-refractivity contribution < 1.29 is 4.79 Å². The Morgan fingerprint density at radius 3 is 2.88 bits per heavy atom. The van der Waals surface area contributed by atoms with Crippen LogP contribution in [0.15, 0.2) is 22.7 Å². The molecule has 0 aliphatic carbocycles. The van der Waals surface area contributed by atoms with E-state index >= 15 is 0 Å². The van der Waals surface area contributed by atoms with Crippen molar-refractivity contribution in [2.45, 2.75) is 26.3 Å². The molecule has 2 N–H and O–H groups in total. The van der Waals surface area contributed by atoms with Gasteiger partial charge in [0, 0.05) is 10.2 Å². The molecule has 0 saturated carbocycles. The quantitative estimate of drug-likeness (QED) is 0.881. The molecule has 1 saturated heterocycles. The van der Waals surface area contributed by atoms with Gasteiger partial charge in [0.2, 0.25) is 5.91 Å². The van der Waals surface area contributed by atoms with E-state index in [4.69, 9.17) is 0 Å². The van der Waals surface area contributed by atoms with Gasteiger partial charge in [0.1, 0.15) is 0 Å². The van der Waals surface area contributed by atoms with E-state index in [0.29, 0.717) is 5.92 Å². The molecule has 1 amide bonds. The molecule has 4 heteroatoms. The number of nitrogens with one attached hydrogen (secondary N) is 2. The van der Waals surface area contributed by atoms with E-state index in [1.807, 2.05) is 25.1 Å². The van der Waals surface area contributed by atoms with Crippen molar-refractivity contribution in [2.24, 2.45) is 5.92 Å². The van der Waals surface area contributed by atoms with Crippen molar-refractivity contribution in [2.75, 3.05) is 11.9 Å². The van der Waals surface area contributed by atoms with Crippen molar-refractivity contribution >= 4 is 27.5 Å². The maximum Gasteiger partial charge on any atom is 0.241 e. The van der Waals surface area contributed by atoms with E-state index in [1.54, 1.807) is 0 Å². The van der Waals surface area contributed by atoms with Crippen LogP contribution in [0.25, 0.3) is 0 Å². The highest BCUT2D eigenvalue weighted by Crippen LogP contribution is 2.21. The highest BCUT2D eigenvalue weighted by molar-refractivity contribution is 9.10. The maximum atomic E-state index is 12.0. The summed E-state index contributed by atoms with van der Waals surface area (Å²) in [5.74, 6) is 0.475. The second kappa shape index (κ2) is 5.19. The zero-order valence-corrected chi connectivity index (χ0v) is 11.7. The Morgan fingerprint density at radius 1 is 1.53 bits per heavy atom. The maximum absolute atomic E-state index is 12.0. The summed E-state index contributed by atoms with van der Waals surface area (Å²) < 4.78 is 1.06. The number of halogens is 1. The minimum atomic E-state index is -0.0565. The van der Waals surface area contributed by atoms with Gasteiger partial charge in [-0.05, 0) is 49.6 Å². The largest absolute Gasteiger partial charge is 0.325 e. The van der Waals surface area contributed by atoms with Gasteiger partial charge in [-0.1, -0.05) is 22.9 Å². The highest BCUT2D eigenvalue weighted by Gasteiger charge is 2.29. The van der Waals surface area contributed by atoms with Gasteiger partial charge in [0.25, 0.3) is 0 Å². The summed E-state index contributed by atoms with van der Waals surface area (Å²) in [7, 11) is 0. The van der Waals surface area contributed by atoms with Crippen LogP contribution in [0.5, 0.6) is 0 Å². The van der Waals surface area contributed by atoms with Crippen molar-refractivity contribution in [1.29, 1.82) is 0 Å². The van der Waals surface area contributed by atoms with Gasteiger partial charge >= 0.3 is 0 Å². The van der Waals surface area contributed by atoms with E-state index < -0.39 is 0 Å². The molecule has 1 aliphatic rings. The van der Waals surface area contributed by atoms with Gasteiger partial charge < -0.3 is 10.6 Å². The molecule has 0 bridgehead atoms. The second-order valence-electron chi connectivity index (χ2n) is 4.65. The number of amides is 1. The Morgan fingerprint density at radius 2 is 2.29 bits per heavy atom. The molecule has 3 nitrogen and oxygen atoms in total. The minimum absolute atomic E-state index is 0.0565. The van der Waals surface area contributed by atoms with Gasteiger partial charge in [-0.2, -0.15) is 0 Å². The normalized spacial score (nSPS) is 23.7. The molecule has 1 aromatic carbocycles. The molecule has 17 heavy (non-hydrogen) atoms. The summed E-state index contributed by atoms with van der Waals surface area (Å²) in [6.45, 7) is 5.05. The Labute approximate surface area is 110 Å². The van der Waals surface area contributed by atoms with E-state index in [1.165, 1.54) is 0 Å². The lowest BCUT2D eigenvalue weighted by Gasteiger charge is -2.15. The zero-order chi connectivity index (χ0) is 12.4. The third kappa shape index (κ3) is 2.87. The molecule has 1 fully saturated rings. The average Bonchev–Trinajstić information content (AvgIpc) is 2.70. The summed E-state index contributed by atoms with van der Waals surface area (Å²) in [6, 6.07) is 5.78. The zero-order valence-electron chi connectivity index (χ0n) is 10.1. The predicted octanol–water partition coefficient (Wildman–Crippen LogP) is 2.69. The molecule has 2 rings (SSSR count). The van der Waals surface area contributed by atoms with Crippen molar-refractivity contribution in [3.05, 3.63) is 28.2 Å². The van der Waals surface area contributed by atoms with Crippen LogP contribution in [-0.4, -0.2) is 18.5 Å². The number of hydrogen-bond acceptors (Lipinski definition) is 2. The fraction of sp³-hybridized carbons (Fsp3) is 0.462. The number of rotatable bonds is 2. The summed E-state index contributed by atoms with van der Waals surface area (Å²) in [5, 5.41) is 6.19. The van der Waals surface area contributed by atoms with Crippen molar-refractivity contribution in [1.82, 2.24) is 5.32 Å². The number of carbonyl (C=O) groups is 1. The smallest absolute Gasteiger partial charge is 0.241 e. The van der Waals surface area contributed by atoms with Gasteiger partial charge in [-0.3, -0.25) is 4.79 Å². The van der Waals surface area contributed by atoms with Gasteiger partial charge in [-0.25, -0.2) is 0 Å². The summed E-state index contributed by atoms with van der Waals surface area (Å²) in [6.07, 6.45) is 1.07. The van der Waals surface area contributed by atoms with Gasteiger partial charge in [0.05, 0.1) is 6.04 Å². The van der Waals surface area contributed by atoms with Crippen LogP contribution in [0.4, 0.5) is 5.69 Å². The SMILES string of the molecule is Cc1cc(NC(=O)C2NCCC2C)ccc1Br. The standard InChI is InChI=1S/C13H17BrN2O/c1-8-5-6-15-12(8)13(17)16-10-3-4-11(14)9(2)7-10/h3-4,7-8,12,15H,5-6H2,1-2H3,(H,16,17). The first-order valence-corrected chi connectivity index (χ1v) is 6.67. The van der Waals surface area contributed by atoms with Gasteiger partial charge in [0.15, 0.2) is 0 Å². The van der Waals surface area contributed by atoms with E-state index in [2.05, 4.69) is 33.5 Å². The first-order chi connectivity index (χ1) is 8.08. The van der Waals surface area contributed by atoms with Crippen LogP contribution in [0, 0.1) is 12.8 Å². The lowest BCUT2D eigenvalue weighted by Crippen LogP contribution is -2.39. The third-order valence-electron chi connectivity index (χ3n) is 3.24. The molecule has 0 aromatic heterocycles. The first-order valence-electron chi connectivity index (χ1n) is 5.88. The summed E-state index contributed by atoms with van der Waals surface area (Å²) >= 11 is 3.45. The van der Waals surface area contributed by atoms with Gasteiger partial charge in [-0.15, -0.1) is 0 Å². The molecule has 0 spiro atoms. The summed E-state index contributed by atoms with van der Waals surface area (Å²) in [4.78, 5) is 12.0. The lowest BCUT2D eigenvalue weighted by molar-refractivity contribution is -0.118. The Kier molecular flexibility index (Phi) is 3.84. The molecule has 1 heterocycles. The molecular weight excluding hydrogens is 280 g/mol. The Balaban J connectivity index is 2.05. The van der Waals surface area contributed by atoms with Crippen LogP contribution in [0.1, 0.15) is 18.9 Å². The average molecular weight is 297 g/mol. The second-order valence-corrected chi connectivity index (χ2v) is 5.51. The molecule has 1 aliphatic heterocycles. The van der Waals surface area contributed by atoms with Crippen LogP contribution in [0.3, 0.4) is 0 Å². The summed E-state index contributed by atoms with van der Waals surface area (Å²) in [5.41, 5.74) is 1.98. The van der Waals surface area contributed by atoms with Crippen LogP contribution in [-0.2, 0) is 4.79 Å². The monoisotopic (exact) mass is 296 g/mol. The molecular formula is C13H17BrN2O. The number of hydrogen-bond donors (Lipinski definition) is 2. The number of carbonyl (C=O) groups excluding carboxylic acids is 1. The topological polar surface area (TPSA) is 41.1 Å². The van der Waals surface area contributed by atoms with E-state index in [0.717, 1.165) is 28.7 Å². The van der Waals surface area contributed by atoms with Crippen molar-refractivity contribution in [3.8, 4) is 0 Å². The van der Waals surface area contributed by atoms with E-state index in [9.17, 15) is 4.79 Å². The highest BCUT2D eigenvalue weighted by atomic mass is 79.9. The van der Waals surface area contributed by atoms with Crippen molar-refractivity contribution in [3.63, 3.8) is 0 Å². The Hall–Kier alpha value is -0.870. The molecule has 2 unspecified atom stereocenters. The molecule has 0 radical (unpaired) electrons. The number of anilines is 1. The fourth-order valence-corrected chi connectivity index (χ4v) is 2.37. The fourth-order valence-electron chi connectivity index (χ4n) is 2.13. The molecule has 2 atom stereocenters. The predicted molar refractivity (Wildman–Crippen MR) is 73.1 cm³/mol. The van der Waals surface area contributed by atoms with Crippen LogP contribution >= 0.6 is 15.9 Å². The third-order valence-corrected chi connectivity index (χ3v) is 4.13. The first kappa shape index (κ1) is 12.6. The van der Waals surface area contributed by atoms with Crippen LogP contribution < -0.4 is 10.6 Å². The van der Waals surface area contributed by atoms with E-state index in [-0.39, 0.29) is 11.9 Å². The minimum Gasteiger partial charge on any atom is -0.325 e. The molecule has 92 valence electrons. The number of aryl methyl sites for hydroxylation is 1. The number of benzene rings is 1. The van der Waals surface area contributed by atoms with Crippen LogP contribution in [0.2, 0.25) is 0 Å². The molecule has 1 aromatic rings. The lowest BCUT2D eigenvalue weighted by atomic mass is 10.0. The Bertz CT molecular complexity index is 433.